The Balaban J connectivity index is 2.16. The van der Waals surface area contributed by atoms with Gasteiger partial charge < -0.3 is 15.4 Å². The molecule has 0 aromatic heterocycles. The lowest BCUT2D eigenvalue weighted by atomic mass is 10.2. The summed E-state index contributed by atoms with van der Waals surface area (Å²) in [6, 6.07) is 0. The van der Waals surface area contributed by atoms with Crippen LogP contribution in [-0.4, -0.2) is 43.7 Å². The summed E-state index contributed by atoms with van der Waals surface area (Å²) in [5.41, 5.74) is 5.24. The molecule has 0 spiro atoms. The molecule has 2 N–H and O–H groups in total. The van der Waals surface area contributed by atoms with E-state index in [4.69, 9.17) is 10.5 Å². The van der Waals surface area contributed by atoms with Crippen LogP contribution >= 0.6 is 0 Å². The van der Waals surface area contributed by atoms with E-state index >= 15 is 0 Å². The van der Waals surface area contributed by atoms with Crippen LogP contribution in [-0.2, 0) is 9.53 Å². The number of hydrogen-bond acceptors (Lipinski definition) is 3. The number of nitrogens with two attached hydrogens (primary N) is 1. The average molecular weight is 186 g/mol. The molecule has 1 unspecified atom stereocenters. The maximum atomic E-state index is 11.4. The van der Waals surface area contributed by atoms with Gasteiger partial charge in [0.1, 0.15) is 6.61 Å². The molecule has 1 fully saturated rings. The summed E-state index contributed by atoms with van der Waals surface area (Å²) in [5.74, 6) is 0.733. The molecule has 1 amide bonds. The monoisotopic (exact) mass is 186 g/mol. The number of nitrogens with zero attached hydrogens (tertiary/aromatic N) is 1. The first kappa shape index (κ1) is 10.5. The van der Waals surface area contributed by atoms with Gasteiger partial charge in [-0.25, -0.2) is 0 Å². The quantitative estimate of drug-likeness (QED) is 0.620. The van der Waals surface area contributed by atoms with Crippen LogP contribution in [0.5, 0.6) is 0 Å². The molecule has 1 atom stereocenters. The molecule has 1 rings (SSSR count). The van der Waals surface area contributed by atoms with Crippen LogP contribution < -0.4 is 5.73 Å². The highest BCUT2D eigenvalue weighted by Crippen LogP contribution is 2.14. The van der Waals surface area contributed by atoms with Gasteiger partial charge in [0.2, 0.25) is 5.91 Å². The Morgan fingerprint density at radius 1 is 1.69 bits per heavy atom. The third-order valence-electron chi connectivity index (χ3n) is 2.26. The van der Waals surface area contributed by atoms with Crippen molar-refractivity contribution in [1.29, 1.82) is 0 Å². The second-order valence-electron chi connectivity index (χ2n) is 3.57. The van der Waals surface area contributed by atoms with E-state index in [0.717, 1.165) is 19.5 Å². The van der Waals surface area contributed by atoms with Crippen LogP contribution in [0.25, 0.3) is 0 Å². The zero-order chi connectivity index (χ0) is 9.68. The van der Waals surface area contributed by atoms with Gasteiger partial charge >= 0.3 is 0 Å². The van der Waals surface area contributed by atoms with Crippen molar-refractivity contribution in [3.63, 3.8) is 0 Å². The lowest BCUT2D eigenvalue weighted by molar-refractivity contribution is -0.135. The van der Waals surface area contributed by atoms with Crippen molar-refractivity contribution < 1.29 is 9.53 Å². The van der Waals surface area contributed by atoms with E-state index in [1.165, 1.54) is 0 Å². The average Bonchev–Trinajstić information content (AvgIpc) is 2.52. The lowest BCUT2D eigenvalue weighted by Crippen LogP contribution is -2.32. The van der Waals surface area contributed by atoms with Crippen molar-refractivity contribution >= 4 is 5.91 Å². The van der Waals surface area contributed by atoms with Crippen LogP contribution in [0, 0.1) is 5.92 Å². The summed E-state index contributed by atoms with van der Waals surface area (Å²) in [7, 11) is 0. The predicted molar refractivity (Wildman–Crippen MR) is 50.2 cm³/mol. The largest absolute Gasteiger partial charge is 0.370 e. The van der Waals surface area contributed by atoms with Gasteiger partial charge in [0, 0.05) is 19.6 Å². The maximum absolute atomic E-state index is 11.4. The molecule has 1 aliphatic heterocycles. The fourth-order valence-corrected chi connectivity index (χ4v) is 1.50. The molecule has 0 aromatic carbocycles. The van der Waals surface area contributed by atoms with Crippen LogP contribution in [0.2, 0.25) is 0 Å². The Morgan fingerprint density at radius 3 is 3.00 bits per heavy atom. The summed E-state index contributed by atoms with van der Waals surface area (Å²) >= 11 is 0. The molecule has 1 heterocycles. The van der Waals surface area contributed by atoms with E-state index in [9.17, 15) is 4.79 Å². The first-order valence-electron chi connectivity index (χ1n) is 4.79. The molecule has 0 aromatic rings. The molecule has 0 aliphatic carbocycles. The normalized spacial score (nSPS) is 22.3. The highest BCUT2D eigenvalue weighted by Gasteiger charge is 2.22. The van der Waals surface area contributed by atoms with Gasteiger partial charge in [-0.1, -0.05) is 6.92 Å². The molecule has 76 valence electrons. The van der Waals surface area contributed by atoms with Gasteiger partial charge in [0.05, 0.1) is 6.61 Å². The maximum Gasteiger partial charge on any atom is 0.248 e. The standard InChI is InChI=1S/C9H18N2O2/c1-8-2-4-11(6-8)9(12)7-13-5-3-10/h8H,2-7,10H2,1H3. The molecular formula is C9H18N2O2. The SMILES string of the molecule is CC1CCN(C(=O)COCCN)C1. The first-order chi connectivity index (χ1) is 6.24. The number of likely N-dealkylation sites (tertiary alicyclic amines) is 1. The van der Waals surface area contributed by atoms with Gasteiger partial charge in [-0.15, -0.1) is 0 Å². The molecule has 0 bridgehead atoms. The van der Waals surface area contributed by atoms with E-state index in [2.05, 4.69) is 6.92 Å². The molecule has 4 heteroatoms. The molecule has 4 nitrogen and oxygen atoms in total. The van der Waals surface area contributed by atoms with Crippen LogP contribution in [0.15, 0.2) is 0 Å². The van der Waals surface area contributed by atoms with Gasteiger partial charge in [-0.3, -0.25) is 4.79 Å². The van der Waals surface area contributed by atoms with Crippen molar-refractivity contribution in [2.24, 2.45) is 11.7 Å². The Labute approximate surface area is 79.0 Å². The minimum atomic E-state index is 0.0952. The van der Waals surface area contributed by atoms with Gasteiger partial charge in [-0.05, 0) is 12.3 Å². The molecule has 0 radical (unpaired) electrons. The van der Waals surface area contributed by atoms with Crippen molar-refractivity contribution in [3.8, 4) is 0 Å². The van der Waals surface area contributed by atoms with E-state index in [1.807, 2.05) is 4.90 Å². The summed E-state index contributed by atoms with van der Waals surface area (Å²) in [6.45, 7) is 5.05. The summed E-state index contributed by atoms with van der Waals surface area (Å²) in [5, 5.41) is 0. The van der Waals surface area contributed by atoms with Crippen molar-refractivity contribution in [1.82, 2.24) is 4.90 Å². The number of ether oxygens (including phenoxy) is 1. The highest BCUT2D eigenvalue weighted by molar-refractivity contribution is 5.77. The topological polar surface area (TPSA) is 55.6 Å². The Bertz CT molecular complexity index is 173. The van der Waals surface area contributed by atoms with E-state index in [0.29, 0.717) is 19.1 Å². The zero-order valence-corrected chi connectivity index (χ0v) is 8.16. The van der Waals surface area contributed by atoms with Crippen LogP contribution in [0.1, 0.15) is 13.3 Å². The predicted octanol–water partition coefficient (Wildman–Crippen LogP) is -0.170. The third kappa shape index (κ3) is 3.32. The minimum Gasteiger partial charge on any atom is -0.370 e. The summed E-state index contributed by atoms with van der Waals surface area (Å²) < 4.78 is 5.08. The van der Waals surface area contributed by atoms with E-state index in [1.54, 1.807) is 0 Å². The highest BCUT2D eigenvalue weighted by atomic mass is 16.5. The number of hydrogen-bond donors (Lipinski definition) is 1. The summed E-state index contributed by atoms with van der Waals surface area (Å²) in [4.78, 5) is 13.3. The van der Waals surface area contributed by atoms with Crippen molar-refractivity contribution in [2.45, 2.75) is 13.3 Å². The van der Waals surface area contributed by atoms with E-state index < -0.39 is 0 Å². The smallest absolute Gasteiger partial charge is 0.248 e. The fraction of sp³-hybridized carbons (Fsp3) is 0.889. The molecule has 0 saturated carbocycles. The molecule has 13 heavy (non-hydrogen) atoms. The summed E-state index contributed by atoms with van der Waals surface area (Å²) in [6.07, 6.45) is 1.11. The Morgan fingerprint density at radius 2 is 2.46 bits per heavy atom. The molecular weight excluding hydrogens is 168 g/mol. The zero-order valence-electron chi connectivity index (χ0n) is 8.16. The van der Waals surface area contributed by atoms with Gasteiger partial charge in [0.15, 0.2) is 0 Å². The number of amides is 1. The third-order valence-corrected chi connectivity index (χ3v) is 2.26. The van der Waals surface area contributed by atoms with Gasteiger partial charge in [0.25, 0.3) is 0 Å². The number of carbonyl (C=O) groups is 1. The van der Waals surface area contributed by atoms with Crippen molar-refractivity contribution in [2.75, 3.05) is 32.8 Å². The van der Waals surface area contributed by atoms with Crippen molar-refractivity contribution in [3.05, 3.63) is 0 Å². The molecule has 1 saturated heterocycles. The number of rotatable bonds is 4. The Hall–Kier alpha value is -0.610. The van der Waals surface area contributed by atoms with Crippen LogP contribution in [0.4, 0.5) is 0 Å². The fourth-order valence-electron chi connectivity index (χ4n) is 1.50. The second kappa shape index (κ2) is 5.19. The lowest BCUT2D eigenvalue weighted by Gasteiger charge is -2.15. The van der Waals surface area contributed by atoms with E-state index in [-0.39, 0.29) is 12.5 Å². The number of carbonyl (C=O) groups excluding carboxylic acids is 1. The minimum absolute atomic E-state index is 0.0952. The molecule has 1 aliphatic rings. The van der Waals surface area contributed by atoms with Gasteiger partial charge in [-0.2, -0.15) is 0 Å². The Kier molecular flexibility index (Phi) is 4.18. The second-order valence-corrected chi connectivity index (χ2v) is 3.57. The van der Waals surface area contributed by atoms with Crippen LogP contribution in [0.3, 0.4) is 0 Å². The first-order valence-corrected chi connectivity index (χ1v) is 4.79.